The van der Waals surface area contributed by atoms with Crippen molar-refractivity contribution in [1.82, 2.24) is 15.6 Å². The van der Waals surface area contributed by atoms with Gasteiger partial charge in [0.1, 0.15) is 5.84 Å². The number of nitrogens with one attached hydrogen (secondary N) is 1. The molecule has 2 aliphatic rings. The molecule has 2 rings (SSSR count). The van der Waals surface area contributed by atoms with Crippen LogP contribution in [0.5, 0.6) is 0 Å². The third-order valence-electron chi connectivity index (χ3n) is 3.20. The Hall–Kier alpha value is -1.11. The van der Waals surface area contributed by atoms with E-state index in [0.717, 1.165) is 32.0 Å². The van der Waals surface area contributed by atoms with Crippen molar-refractivity contribution >= 4 is 5.84 Å². The molecule has 1 fully saturated rings. The van der Waals surface area contributed by atoms with Crippen molar-refractivity contribution in [1.29, 1.82) is 0 Å². The smallest absolute Gasteiger partial charge is 0.143 e. The van der Waals surface area contributed by atoms with Crippen molar-refractivity contribution in [3.63, 3.8) is 0 Å². The minimum absolute atomic E-state index is 0.435. The number of hydrogen-bond acceptors (Lipinski definition) is 5. The Kier molecular flexibility index (Phi) is 4.36. The molecular formula is C11H21N5O. The van der Waals surface area contributed by atoms with E-state index in [1.165, 1.54) is 12.8 Å². The minimum atomic E-state index is 0.435. The van der Waals surface area contributed by atoms with E-state index in [2.05, 4.69) is 27.8 Å². The fraction of sp³-hybridized carbons (Fsp3) is 0.727. The molecule has 3 N–H and O–H groups in total. The van der Waals surface area contributed by atoms with Crippen LogP contribution in [0.25, 0.3) is 0 Å². The van der Waals surface area contributed by atoms with E-state index in [1.54, 1.807) is 7.11 Å². The molecule has 0 saturated carbocycles. The summed E-state index contributed by atoms with van der Waals surface area (Å²) in [6, 6.07) is 0.435. The largest absolute Gasteiger partial charge is 0.383 e. The molecular weight excluding hydrogens is 218 g/mol. The SMILES string of the molecule is COCC1CCCN1NN1CC=CCC1=NN. The van der Waals surface area contributed by atoms with E-state index in [9.17, 15) is 0 Å². The first kappa shape index (κ1) is 12.3. The molecule has 2 heterocycles. The van der Waals surface area contributed by atoms with Crippen molar-refractivity contribution in [3.8, 4) is 0 Å². The van der Waals surface area contributed by atoms with Crippen LogP contribution < -0.4 is 11.4 Å². The lowest BCUT2D eigenvalue weighted by molar-refractivity contribution is 0.0284. The number of nitrogens with two attached hydrogens (primary N) is 1. The van der Waals surface area contributed by atoms with Crippen molar-refractivity contribution < 1.29 is 4.74 Å². The average molecular weight is 239 g/mol. The number of rotatable bonds is 4. The van der Waals surface area contributed by atoms with E-state index in [0.29, 0.717) is 6.04 Å². The molecule has 0 aromatic rings. The zero-order valence-corrected chi connectivity index (χ0v) is 10.3. The van der Waals surface area contributed by atoms with Gasteiger partial charge < -0.3 is 10.6 Å². The highest BCUT2D eigenvalue weighted by Crippen LogP contribution is 2.16. The molecule has 0 spiro atoms. The summed E-state index contributed by atoms with van der Waals surface area (Å²) in [5.41, 5.74) is 3.38. The van der Waals surface area contributed by atoms with Gasteiger partial charge >= 0.3 is 0 Å². The van der Waals surface area contributed by atoms with Gasteiger partial charge in [0.2, 0.25) is 0 Å². The van der Waals surface area contributed by atoms with Crippen LogP contribution >= 0.6 is 0 Å². The zero-order chi connectivity index (χ0) is 12.1. The van der Waals surface area contributed by atoms with E-state index < -0.39 is 0 Å². The molecule has 1 unspecified atom stereocenters. The Bertz CT molecular complexity index is 304. The summed E-state index contributed by atoms with van der Waals surface area (Å²) in [6.45, 7) is 2.59. The number of hydrogen-bond donors (Lipinski definition) is 2. The van der Waals surface area contributed by atoms with Gasteiger partial charge in [-0.05, 0) is 12.8 Å². The number of amidine groups is 1. The fourth-order valence-corrected chi connectivity index (χ4v) is 2.29. The standard InChI is InChI=1S/C11H21N5O/c1-17-9-10-5-4-8-15(10)14-16-7-3-2-6-11(16)13-12/h2-3,10,14H,4-9,12H2,1H3. The first-order valence-electron chi connectivity index (χ1n) is 6.06. The second-order valence-electron chi connectivity index (χ2n) is 4.38. The zero-order valence-electron chi connectivity index (χ0n) is 10.3. The third kappa shape index (κ3) is 2.96. The normalized spacial score (nSPS) is 28.2. The number of hydrazine groups is 2. The molecule has 96 valence electrons. The quantitative estimate of drug-likeness (QED) is 0.412. The van der Waals surface area contributed by atoms with Gasteiger partial charge in [0.15, 0.2) is 0 Å². The van der Waals surface area contributed by atoms with Gasteiger partial charge in [0.05, 0.1) is 13.2 Å². The Morgan fingerprint density at radius 2 is 2.47 bits per heavy atom. The molecule has 0 bridgehead atoms. The van der Waals surface area contributed by atoms with Gasteiger partial charge in [0, 0.05) is 26.1 Å². The summed E-state index contributed by atoms with van der Waals surface area (Å²) in [4.78, 5) is 0. The van der Waals surface area contributed by atoms with Crippen molar-refractivity contribution in [2.75, 3.05) is 26.8 Å². The molecule has 6 nitrogen and oxygen atoms in total. The maximum Gasteiger partial charge on any atom is 0.143 e. The lowest BCUT2D eigenvalue weighted by Gasteiger charge is -2.34. The van der Waals surface area contributed by atoms with Crippen molar-refractivity contribution in [2.45, 2.75) is 25.3 Å². The predicted molar refractivity (Wildman–Crippen MR) is 66.8 cm³/mol. The molecule has 1 saturated heterocycles. The van der Waals surface area contributed by atoms with Gasteiger partial charge in [-0.2, -0.15) is 10.6 Å². The predicted octanol–water partition coefficient (Wildman–Crippen LogP) is 0.0509. The summed E-state index contributed by atoms with van der Waals surface area (Å²) in [7, 11) is 1.74. The van der Waals surface area contributed by atoms with Crippen LogP contribution in [0.4, 0.5) is 0 Å². The second-order valence-corrected chi connectivity index (χ2v) is 4.38. The second kappa shape index (κ2) is 6.00. The summed E-state index contributed by atoms with van der Waals surface area (Å²) < 4.78 is 5.23. The highest BCUT2D eigenvalue weighted by Gasteiger charge is 2.26. The molecule has 1 atom stereocenters. The van der Waals surface area contributed by atoms with E-state index in [1.807, 2.05) is 5.01 Å². The molecule has 6 heteroatoms. The Morgan fingerprint density at radius 3 is 3.24 bits per heavy atom. The average Bonchev–Trinajstić information content (AvgIpc) is 2.78. The third-order valence-corrected chi connectivity index (χ3v) is 3.20. The Labute approximate surface area is 102 Å². The highest BCUT2D eigenvalue weighted by atomic mass is 16.5. The number of hydrazone groups is 1. The van der Waals surface area contributed by atoms with Crippen LogP contribution in [0.1, 0.15) is 19.3 Å². The van der Waals surface area contributed by atoms with Crippen LogP contribution in [0.2, 0.25) is 0 Å². The summed E-state index contributed by atoms with van der Waals surface area (Å²) >= 11 is 0. The first-order valence-corrected chi connectivity index (χ1v) is 6.06. The van der Waals surface area contributed by atoms with E-state index in [4.69, 9.17) is 10.6 Å². The summed E-state index contributed by atoms with van der Waals surface area (Å²) in [5.74, 6) is 6.26. The van der Waals surface area contributed by atoms with Crippen molar-refractivity contribution in [3.05, 3.63) is 12.2 Å². The number of nitrogens with zero attached hydrogens (tertiary/aromatic N) is 3. The maximum absolute atomic E-state index is 5.39. The van der Waals surface area contributed by atoms with E-state index in [-0.39, 0.29) is 0 Å². The molecule has 2 aliphatic heterocycles. The van der Waals surface area contributed by atoms with Gasteiger partial charge in [-0.25, -0.2) is 5.01 Å². The first-order chi connectivity index (χ1) is 8.35. The summed E-state index contributed by atoms with van der Waals surface area (Å²) in [5, 5.41) is 8.02. The van der Waals surface area contributed by atoms with Crippen LogP contribution in [0, 0.1) is 0 Å². The van der Waals surface area contributed by atoms with Gasteiger partial charge in [-0.1, -0.05) is 12.2 Å². The van der Waals surface area contributed by atoms with Crippen LogP contribution in [-0.2, 0) is 4.74 Å². The Morgan fingerprint density at radius 1 is 1.59 bits per heavy atom. The number of ether oxygens (including phenoxy) is 1. The topological polar surface area (TPSA) is 66.1 Å². The molecule has 0 radical (unpaired) electrons. The monoisotopic (exact) mass is 239 g/mol. The molecule has 17 heavy (non-hydrogen) atoms. The summed E-state index contributed by atoms with van der Waals surface area (Å²) in [6.07, 6.45) is 7.34. The molecule has 0 aromatic heterocycles. The number of methoxy groups -OCH3 is 1. The van der Waals surface area contributed by atoms with Crippen LogP contribution in [-0.4, -0.2) is 48.7 Å². The Balaban J connectivity index is 1.93. The molecule has 0 aromatic carbocycles. The van der Waals surface area contributed by atoms with Crippen LogP contribution in [0.3, 0.4) is 0 Å². The maximum atomic E-state index is 5.39. The molecule has 0 amide bonds. The minimum Gasteiger partial charge on any atom is -0.383 e. The lowest BCUT2D eigenvalue weighted by atomic mass is 10.2. The lowest BCUT2D eigenvalue weighted by Crippen LogP contribution is -2.55. The van der Waals surface area contributed by atoms with E-state index >= 15 is 0 Å². The van der Waals surface area contributed by atoms with Gasteiger partial charge in [-0.3, -0.25) is 5.01 Å². The highest BCUT2D eigenvalue weighted by molar-refractivity contribution is 5.83. The van der Waals surface area contributed by atoms with Crippen LogP contribution in [0.15, 0.2) is 17.3 Å². The molecule has 0 aliphatic carbocycles. The van der Waals surface area contributed by atoms with Gasteiger partial charge in [-0.15, -0.1) is 0 Å². The van der Waals surface area contributed by atoms with Gasteiger partial charge in [0.25, 0.3) is 0 Å². The van der Waals surface area contributed by atoms with Crippen molar-refractivity contribution in [2.24, 2.45) is 10.9 Å². The fourth-order valence-electron chi connectivity index (χ4n) is 2.29.